The van der Waals surface area contributed by atoms with E-state index in [9.17, 15) is 14.7 Å². The molecule has 0 radical (unpaired) electrons. The van der Waals surface area contributed by atoms with Crippen LogP contribution in [0, 0.1) is 6.92 Å². The van der Waals surface area contributed by atoms with E-state index < -0.39 is 11.9 Å². The normalized spacial score (nSPS) is 10.4. The predicted octanol–water partition coefficient (Wildman–Crippen LogP) is 2.84. The van der Waals surface area contributed by atoms with Crippen molar-refractivity contribution in [2.45, 2.75) is 6.92 Å². The Hall–Kier alpha value is -3.61. The number of amides is 1. The van der Waals surface area contributed by atoms with Crippen molar-refractivity contribution in [2.24, 2.45) is 0 Å². The first-order valence-corrected chi connectivity index (χ1v) is 7.45. The van der Waals surface area contributed by atoms with E-state index in [1.807, 2.05) is 30.3 Å². The average Bonchev–Trinajstić information content (AvgIpc) is 2.98. The van der Waals surface area contributed by atoms with Crippen molar-refractivity contribution < 1.29 is 19.8 Å². The third-order valence-electron chi connectivity index (χ3n) is 3.74. The molecule has 0 bridgehead atoms. The zero-order chi connectivity index (χ0) is 18.0. The van der Waals surface area contributed by atoms with Gasteiger partial charge in [0.15, 0.2) is 0 Å². The number of nitrogens with one attached hydrogen (secondary N) is 1. The van der Waals surface area contributed by atoms with E-state index in [2.05, 4.69) is 10.4 Å². The van der Waals surface area contributed by atoms with Gasteiger partial charge in [-0.1, -0.05) is 18.2 Å². The fourth-order valence-electron chi connectivity index (χ4n) is 2.45. The molecular formula is C18H15N3O4. The summed E-state index contributed by atoms with van der Waals surface area (Å²) in [6.07, 6.45) is 1.45. The highest BCUT2D eigenvalue weighted by Crippen LogP contribution is 2.22. The first-order valence-electron chi connectivity index (χ1n) is 7.45. The summed E-state index contributed by atoms with van der Waals surface area (Å²) in [6, 6.07) is 13.2. The molecule has 7 nitrogen and oxygen atoms in total. The van der Waals surface area contributed by atoms with Crippen LogP contribution in [-0.2, 0) is 0 Å². The summed E-state index contributed by atoms with van der Waals surface area (Å²) >= 11 is 0. The van der Waals surface area contributed by atoms with Gasteiger partial charge in [-0.05, 0) is 37.3 Å². The largest absolute Gasteiger partial charge is 0.507 e. The molecule has 0 aliphatic rings. The van der Waals surface area contributed by atoms with Crippen LogP contribution in [0.2, 0.25) is 0 Å². The number of benzene rings is 2. The number of carbonyl (C=O) groups excluding carboxylic acids is 1. The summed E-state index contributed by atoms with van der Waals surface area (Å²) < 4.78 is 1.65. The molecule has 2 aromatic carbocycles. The fourth-order valence-corrected chi connectivity index (χ4v) is 2.45. The number of aromatic hydroxyl groups is 1. The molecule has 0 aliphatic carbocycles. The zero-order valence-corrected chi connectivity index (χ0v) is 13.3. The Morgan fingerprint density at radius 1 is 1.08 bits per heavy atom. The lowest BCUT2D eigenvalue weighted by atomic mass is 10.1. The van der Waals surface area contributed by atoms with E-state index in [1.54, 1.807) is 11.6 Å². The lowest BCUT2D eigenvalue weighted by molar-refractivity contribution is 0.0693. The van der Waals surface area contributed by atoms with E-state index in [1.165, 1.54) is 24.4 Å². The lowest BCUT2D eigenvalue weighted by Gasteiger charge is -2.08. The van der Waals surface area contributed by atoms with Crippen molar-refractivity contribution in [2.75, 3.05) is 5.32 Å². The Bertz CT molecular complexity index is 948. The molecule has 126 valence electrons. The zero-order valence-electron chi connectivity index (χ0n) is 13.3. The number of hydrogen-bond acceptors (Lipinski definition) is 4. The number of carbonyl (C=O) groups is 2. The van der Waals surface area contributed by atoms with Gasteiger partial charge in [0.2, 0.25) is 0 Å². The minimum atomic E-state index is -1.28. The second-order valence-corrected chi connectivity index (χ2v) is 5.38. The predicted molar refractivity (Wildman–Crippen MR) is 91.3 cm³/mol. The Kier molecular flexibility index (Phi) is 4.21. The number of hydrogen-bond donors (Lipinski definition) is 3. The van der Waals surface area contributed by atoms with E-state index in [0.29, 0.717) is 11.3 Å². The summed E-state index contributed by atoms with van der Waals surface area (Å²) in [4.78, 5) is 23.5. The summed E-state index contributed by atoms with van der Waals surface area (Å²) in [7, 11) is 0. The van der Waals surface area contributed by atoms with Crippen LogP contribution in [0.1, 0.15) is 26.4 Å². The van der Waals surface area contributed by atoms with Crippen LogP contribution >= 0.6 is 0 Å². The molecule has 0 atom stereocenters. The number of carboxylic acid groups (broad SMARTS) is 1. The van der Waals surface area contributed by atoms with E-state index in [-0.39, 0.29) is 17.0 Å². The summed E-state index contributed by atoms with van der Waals surface area (Å²) in [6.45, 7) is 1.77. The number of phenols is 1. The minimum absolute atomic E-state index is 0.270. The van der Waals surface area contributed by atoms with Gasteiger partial charge >= 0.3 is 5.97 Å². The van der Waals surface area contributed by atoms with E-state index >= 15 is 0 Å². The number of para-hydroxylation sites is 1. The molecule has 25 heavy (non-hydrogen) atoms. The molecule has 1 aromatic heterocycles. The maximum atomic E-state index is 12.5. The van der Waals surface area contributed by atoms with Crippen LogP contribution in [0.4, 0.5) is 5.69 Å². The van der Waals surface area contributed by atoms with Crippen molar-refractivity contribution >= 4 is 17.6 Å². The Morgan fingerprint density at radius 3 is 2.48 bits per heavy atom. The van der Waals surface area contributed by atoms with Gasteiger partial charge in [0.05, 0.1) is 23.1 Å². The fraction of sp³-hybridized carbons (Fsp3) is 0.0556. The monoisotopic (exact) mass is 337 g/mol. The third-order valence-corrected chi connectivity index (χ3v) is 3.74. The number of aromatic carboxylic acids is 1. The number of rotatable bonds is 4. The number of anilines is 1. The first-order chi connectivity index (χ1) is 12.0. The molecule has 0 saturated carbocycles. The molecule has 3 rings (SSSR count). The van der Waals surface area contributed by atoms with Crippen molar-refractivity contribution in [1.82, 2.24) is 9.78 Å². The van der Waals surface area contributed by atoms with Crippen LogP contribution in [0.25, 0.3) is 5.69 Å². The quantitative estimate of drug-likeness (QED) is 0.635. The maximum Gasteiger partial charge on any atom is 0.339 e. The Balaban J connectivity index is 1.87. The van der Waals surface area contributed by atoms with Crippen molar-refractivity contribution in [3.8, 4) is 11.4 Å². The summed E-state index contributed by atoms with van der Waals surface area (Å²) in [5, 5.41) is 25.4. The lowest BCUT2D eigenvalue weighted by Crippen LogP contribution is -2.13. The molecule has 0 spiro atoms. The van der Waals surface area contributed by atoms with Crippen LogP contribution in [-0.4, -0.2) is 31.9 Å². The average molecular weight is 337 g/mol. The number of aromatic nitrogens is 2. The van der Waals surface area contributed by atoms with Crippen molar-refractivity contribution in [3.63, 3.8) is 0 Å². The second-order valence-electron chi connectivity index (χ2n) is 5.38. The maximum absolute atomic E-state index is 12.5. The van der Waals surface area contributed by atoms with Gasteiger partial charge in [0.1, 0.15) is 11.3 Å². The van der Waals surface area contributed by atoms with Crippen LogP contribution < -0.4 is 5.32 Å². The molecule has 1 heterocycles. The van der Waals surface area contributed by atoms with E-state index in [4.69, 9.17) is 5.11 Å². The van der Waals surface area contributed by atoms with E-state index in [0.717, 1.165) is 5.69 Å². The van der Waals surface area contributed by atoms with Gasteiger partial charge in [-0.3, -0.25) is 4.79 Å². The van der Waals surface area contributed by atoms with Crippen molar-refractivity contribution in [3.05, 3.63) is 71.5 Å². The molecule has 1 amide bonds. The molecular weight excluding hydrogens is 322 g/mol. The van der Waals surface area contributed by atoms with Gasteiger partial charge in [0, 0.05) is 5.69 Å². The third kappa shape index (κ3) is 3.20. The van der Waals surface area contributed by atoms with Crippen LogP contribution in [0.3, 0.4) is 0 Å². The molecule has 0 aliphatic heterocycles. The van der Waals surface area contributed by atoms with Gasteiger partial charge in [-0.25, -0.2) is 9.48 Å². The van der Waals surface area contributed by atoms with Gasteiger partial charge in [-0.15, -0.1) is 0 Å². The van der Waals surface area contributed by atoms with Crippen LogP contribution in [0.15, 0.2) is 54.7 Å². The standard InChI is InChI=1S/C18H15N3O4/c1-11-15(10-19-21(11)13-5-3-2-4-6-13)17(23)20-12-7-8-16(22)14(9-12)18(24)25/h2-10,22H,1H3,(H,20,23)(H,24,25). The summed E-state index contributed by atoms with van der Waals surface area (Å²) in [5.41, 5.74) is 1.84. The Morgan fingerprint density at radius 2 is 1.80 bits per heavy atom. The first kappa shape index (κ1) is 16.3. The highest BCUT2D eigenvalue weighted by atomic mass is 16.4. The molecule has 3 aromatic rings. The Labute approximate surface area is 143 Å². The molecule has 0 saturated heterocycles. The van der Waals surface area contributed by atoms with Crippen molar-refractivity contribution in [1.29, 1.82) is 0 Å². The highest BCUT2D eigenvalue weighted by molar-refractivity contribution is 6.05. The second kappa shape index (κ2) is 6.48. The minimum Gasteiger partial charge on any atom is -0.507 e. The molecule has 3 N–H and O–H groups in total. The summed E-state index contributed by atoms with van der Waals surface area (Å²) in [5.74, 6) is -2.05. The highest BCUT2D eigenvalue weighted by Gasteiger charge is 2.17. The van der Waals surface area contributed by atoms with Gasteiger partial charge in [-0.2, -0.15) is 5.10 Å². The topological polar surface area (TPSA) is 104 Å². The molecule has 0 unspecified atom stereocenters. The van der Waals surface area contributed by atoms with Gasteiger partial charge in [0.25, 0.3) is 5.91 Å². The van der Waals surface area contributed by atoms with Gasteiger partial charge < -0.3 is 15.5 Å². The molecule has 7 heteroatoms. The number of carboxylic acids is 1. The van der Waals surface area contributed by atoms with Crippen LogP contribution in [0.5, 0.6) is 5.75 Å². The molecule has 0 fully saturated rings. The number of nitrogens with zero attached hydrogens (tertiary/aromatic N) is 2. The smallest absolute Gasteiger partial charge is 0.339 e. The SMILES string of the molecule is Cc1c(C(=O)Nc2ccc(O)c(C(=O)O)c2)cnn1-c1ccccc1.